The zero-order valence-electron chi connectivity index (χ0n) is 16.2. The maximum Gasteiger partial charge on any atom is 0.286 e. The highest BCUT2D eigenvalue weighted by Crippen LogP contribution is 2.30. The summed E-state index contributed by atoms with van der Waals surface area (Å²) in [6, 6.07) is 13.6. The van der Waals surface area contributed by atoms with E-state index in [0.717, 1.165) is 29.4 Å². The van der Waals surface area contributed by atoms with Gasteiger partial charge in [-0.2, -0.15) is 0 Å². The molecule has 2 aromatic carbocycles. The van der Waals surface area contributed by atoms with Crippen LogP contribution in [0, 0.1) is 5.82 Å². The van der Waals surface area contributed by atoms with Gasteiger partial charge in [-0.1, -0.05) is 29.5 Å². The third-order valence-corrected chi connectivity index (χ3v) is 5.39. The van der Waals surface area contributed by atoms with Crippen molar-refractivity contribution in [1.82, 2.24) is 15.1 Å². The number of nitrogens with zero attached hydrogens (tertiary/aromatic N) is 3. The van der Waals surface area contributed by atoms with Crippen molar-refractivity contribution in [2.45, 2.75) is 32.5 Å². The summed E-state index contributed by atoms with van der Waals surface area (Å²) in [6.45, 7) is 6.14. The summed E-state index contributed by atoms with van der Waals surface area (Å²) in [7, 11) is 0. The fourth-order valence-corrected chi connectivity index (χ4v) is 4.11. The van der Waals surface area contributed by atoms with E-state index in [2.05, 4.69) is 40.3 Å². The minimum atomic E-state index is -0.356. The number of carbonyl (C=O) groups is 1. The normalized spacial score (nSPS) is 15.8. The van der Waals surface area contributed by atoms with Gasteiger partial charge in [0.2, 0.25) is 5.01 Å². The molecule has 0 saturated carbocycles. The van der Waals surface area contributed by atoms with E-state index >= 15 is 0 Å². The summed E-state index contributed by atoms with van der Waals surface area (Å²) in [5, 5.41) is 11.9. The van der Waals surface area contributed by atoms with Crippen LogP contribution in [0.1, 0.15) is 34.2 Å². The molecular weight excluding hydrogens is 391 g/mol. The van der Waals surface area contributed by atoms with Crippen LogP contribution < -0.4 is 10.1 Å². The van der Waals surface area contributed by atoms with Gasteiger partial charge in [-0.05, 0) is 44.2 Å². The molecule has 1 aliphatic rings. The van der Waals surface area contributed by atoms with Crippen molar-refractivity contribution < 1.29 is 13.9 Å². The molecular formula is C21H21FN4O2S. The van der Waals surface area contributed by atoms with Crippen LogP contribution in [0.5, 0.6) is 5.75 Å². The Morgan fingerprint density at radius 1 is 1.21 bits per heavy atom. The van der Waals surface area contributed by atoms with E-state index in [4.69, 9.17) is 4.74 Å². The highest BCUT2D eigenvalue weighted by molar-refractivity contribution is 7.13. The molecule has 1 amide bonds. The summed E-state index contributed by atoms with van der Waals surface area (Å²) in [5.74, 6) is 0.189. The number of aromatic nitrogens is 2. The van der Waals surface area contributed by atoms with Crippen molar-refractivity contribution in [1.29, 1.82) is 0 Å². The number of fused-ring (bicyclic) bond motifs is 1. The third kappa shape index (κ3) is 4.78. The Hall–Kier alpha value is -2.84. The lowest BCUT2D eigenvalue weighted by molar-refractivity contribution is 0.0681. The molecule has 1 N–H and O–H groups in total. The van der Waals surface area contributed by atoms with Gasteiger partial charge in [-0.15, -0.1) is 10.2 Å². The fourth-order valence-electron chi connectivity index (χ4n) is 3.33. The van der Waals surface area contributed by atoms with Crippen LogP contribution in [0.15, 0.2) is 48.5 Å². The topological polar surface area (TPSA) is 67.4 Å². The number of hydrogen-bond acceptors (Lipinski definition) is 6. The SMILES string of the molecule is CC1(C)CN(Cc2nnc(C(=O)Nc3ccc(F)cc3)s2)Cc2ccccc2O1. The van der Waals surface area contributed by atoms with Gasteiger partial charge in [0.25, 0.3) is 5.91 Å². The molecule has 2 heterocycles. The molecule has 150 valence electrons. The second kappa shape index (κ2) is 7.88. The van der Waals surface area contributed by atoms with Gasteiger partial charge in [-0.3, -0.25) is 9.69 Å². The maximum atomic E-state index is 13.0. The summed E-state index contributed by atoms with van der Waals surface area (Å²) < 4.78 is 19.2. The molecule has 3 aromatic rings. The van der Waals surface area contributed by atoms with Gasteiger partial charge in [0, 0.05) is 24.3 Å². The molecule has 6 nitrogen and oxygen atoms in total. The van der Waals surface area contributed by atoms with Gasteiger partial charge in [0.1, 0.15) is 22.2 Å². The molecule has 0 spiro atoms. The number of carbonyl (C=O) groups excluding carboxylic acids is 1. The maximum absolute atomic E-state index is 13.0. The minimum absolute atomic E-state index is 0.273. The molecule has 29 heavy (non-hydrogen) atoms. The molecule has 0 fully saturated rings. The van der Waals surface area contributed by atoms with Gasteiger partial charge in [0.15, 0.2) is 0 Å². The first-order valence-corrected chi connectivity index (χ1v) is 10.1. The number of nitrogens with one attached hydrogen (secondary N) is 1. The fraction of sp³-hybridized carbons (Fsp3) is 0.286. The Labute approximate surface area is 172 Å². The summed E-state index contributed by atoms with van der Waals surface area (Å²) in [6.07, 6.45) is 0. The van der Waals surface area contributed by atoms with E-state index in [1.807, 2.05) is 18.2 Å². The van der Waals surface area contributed by atoms with Crippen molar-refractivity contribution >= 4 is 22.9 Å². The second-order valence-corrected chi connectivity index (χ2v) is 8.64. The van der Waals surface area contributed by atoms with Gasteiger partial charge >= 0.3 is 0 Å². The molecule has 0 saturated heterocycles. The van der Waals surface area contributed by atoms with Gasteiger partial charge in [-0.25, -0.2) is 4.39 Å². The molecule has 0 atom stereocenters. The highest BCUT2D eigenvalue weighted by Gasteiger charge is 2.29. The zero-order chi connectivity index (χ0) is 20.4. The Balaban J connectivity index is 1.45. The van der Waals surface area contributed by atoms with Crippen LogP contribution in [-0.2, 0) is 13.1 Å². The highest BCUT2D eigenvalue weighted by atomic mass is 32.1. The van der Waals surface area contributed by atoms with Crippen LogP contribution in [0.25, 0.3) is 0 Å². The predicted octanol–water partition coefficient (Wildman–Crippen LogP) is 4.10. The minimum Gasteiger partial charge on any atom is -0.486 e. The Morgan fingerprint density at radius 2 is 1.97 bits per heavy atom. The largest absolute Gasteiger partial charge is 0.486 e. The third-order valence-electron chi connectivity index (χ3n) is 4.48. The van der Waals surface area contributed by atoms with Crippen LogP contribution in [0.2, 0.25) is 0 Å². The second-order valence-electron chi connectivity index (χ2n) is 7.58. The lowest BCUT2D eigenvalue weighted by Gasteiger charge is -2.28. The Bertz CT molecular complexity index is 1020. The first-order valence-electron chi connectivity index (χ1n) is 9.26. The van der Waals surface area contributed by atoms with E-state index in [-0.39, 0.29) is 22.3 Å². The average molecular weight is 412 g/mol. The zero-order valence-corrected chi connectivity index (χ0v) is 17.0. The van der Waals surface area contributed by atoms with Crippen molar-refractivity contribution in [3.05, 3.63) is 69.9 Å². The van der Waals surface area contributed by atoms with Crippen LogP contribution >= 0.6 is 11.3 Å². The number of benzene rings is 2. The molecule has 0 unspecified atom stereocenters. The standard InChI is InChI=1S/C21H21FN4O2S/c1-21(2)13-26(11-14-5-3-4-6-17(14)28-21)12-18-24-25-20(29-18)19(27)23-16-9-7-15(22)8-10-16/h3-10H,11-13H2,1-2H3,(H,23,27). The van der Waals surface area contributed by atoms with Crippen molar-refractivity contribution in [3.63, 3.8) is 0 Å². The van der Waals surface area contributed by atoms with Crippen LogP contribution in [0.3, 0.4) is 0 Å². The number of hydrogen-bond donors (Lipinski definition) is 1. The quantitative estimate of drug-likeness (QED) is 0.699. The van der Waals surface area contributed by atoms with E-state index in [0.29, 0.717) is 12.2 Å². The predicted molar refractivity (Wildman–Crippen MR) is 110 cm³/mol. The molecule has 0 bridgehead atoms. The lowest BCUT2D eigenvalue weighted by atomic mass is 10.1. The number of anilines is 1. The molecule has 0 radical (unpaired) electrons. The lowest BCUT2D eigenvalue weighted by Crippen LogP contribution is -2.40. The smallest absolute Gasteiger partial charge is 0.286 e. The number of amides is 1. The van der Waals surface area contributed by atoms with E-state index < -0.39 is 0 Å². The molecule has 4 rings (SSSR count). The van der Waals surface area contributed by atoms with Crippen molar-refractivity contribution in [3.8, 4) is 5.75 Å². The Kier molecular flexibility index (Phi) is 5.29. The molecule has 1 aliphatic heterocycles. The van der Waals surface area contributed by atoms with E-state index in [1.54, 1.807) is 0 Å². The number of ether oxygens (including phenoxy) is 1. The van der Waals surface area contributed by atoms with Crippen LogP contribution in [0.4, 0.5) is 10.1 Å². The van der Waals surface area contributed by atoms with Gasteiger partial charge < -0.3 is 10.1 Å². The summed E-state index contributed by atoms with van der Waals surface area (Å²) >= 11 is 1.25. The van der Waals surface area contributed by atoms with E-state index in [9.17, 15) is 9.18 Å². The number of para-hydroxylation sites is 1. The van der Waals surface area contributed by atoms with Crippen molar-refractivity contribution in [2.75, 3.05) is 11.9 Å². The average Bonchev–Trinajstić information content (AvgIpc) is 3.08. The molecule has 1 aromatic heterocycles. The first-order chi connectivity index (χ1) is 13.9. The van der Waals surface area contributed by atoms with E-state index in [1.165, 1.54) is 35.6 Å². The monoisotopic (exact) mass is 412 g/mol. The van der Waals surface area contributed by atoms with Crippen molar-refractivity contribution in [2.24, 2.45) is 0 Å². The Morgan fingerprint density at radius 3 is 2.76 bits per heavy atom. The van der Waals surface area contributed by atoms with Gasteiger partial charge in [0.05, 0.1) is 6.54 Å². The summed E-state index contributed by atoms with van der Waals surface area (Å²) in [5.41, 5.74) is 1.29. The first kappa shape index (κ1) is 19.5. The number of halogens is 1. The summed E-state index contributed by atoms with van der Waals surface area (Å²) in [4.78, 5) is 14.6. The molecule has 0 aliphatic carbocycles. The molecule has 8 heteroatoms. The number of rotatable bonds is 4. The van der Waals surface area contributed by atoms with Crippen LogP contribution in [-0.4, -0.2) is 33.2 Å².